The van der Waals surface area contributed by atoms with E-state index in [2.05, 4.69) is 0 Å². The van der Waals surface area contributed by atoms with Gasteiger partial charge in [0, 0.05) is 12.0 Å². The van der Waals surface area contributed by atoms with Gasteiger partial charge in [-0.05, 0) is 33.1 Å². The molecule has 3 N–H and O–H groups in total. The number of rotatable bonds is 5. The third-order valence-corrected chi connectivity index (χ3v) is 3.61. The summed E-state index contributed by atoms with van der Waals surface area (Å²) in [6.07, 6.45) is 2.40. The highest BCUT2D eigenvalue weighted by Gasteiger charge is 2.34. The highest BCUT2D eigenvalue weighted by atomic mass is 16.4. The van der Waals surface area contributed by atoms with E-state index in [1.807, 2.05) is 13.8 Å². The minimum atomic E-state index is -0.844. The highest BCUT2D eigenvalue weighted by Crippen LogP contribution is 2.30. The standard InChI is InChI=1S/C13H22N2O4/c1-8(2)15(7-11(14)16)12(17)9-4-3-5-10(6-9)13(18)19/h8-10H,3-7H2,1-2H3,(H2,14,16)(H,18,19). The van der Waals surface area contributed by atoms with Gasteiger partial charge >= 0.3 is 5.97 Å². The van der Waals surface area contributed by atoms with Crippen molar-refractivity contribution in [2.24, 2.45) is 17.6 Å². The van der Waals surface area contributed by atoms with Crippen molar-refractivity contribution in [1.29, 1.82) is 0 Å². The molecule has 2 atom stereocenters. The maximum Gasteiger partial charge on any atom is 0.306 e. The number of primary amides is 1. The van der Waals surface area contributed by atoms with E-state index in [0.717, 1.165) is 6.42 Å². The topological polar surface area (TPSA) is 101 Å². The lowest BCUT2D eigenvalue weighted by atomic mass is 9.80. The maximum absolute atomic E-state index is 12.4. The molecule has 6 nitrogen and oxygen atoms in total. The molecule has 0 heterocycles. The molecular weight excluding hydrogens is 248 g/mol. The fourth-order valence-corrected chi connectivity index (χ4v) is 2.56. The van der Waals surface area contributed by atoms with Gasteiger partial charge < -0.3 is 15.7 Å². The normalized spacial score (nSPS) is 23.1. The van der Waals surface area contributed by atoms with Crippen molar-refractivity contribution in [3.8, 4) is 0 Å². The van der Waals surface area contributed by atoms with Gasteiger partial charge in [-0.3, -0.25) is 14.4 Å². The van der Waals surface area contributed by atoms with Gasteiger partial charge in [0.1, 0.15) is 0 Å². The summed E-state index contributed by atoms with van der Waals surface area (Å²) in [5.41, 5.74) is 5.15. The number of hydrogen-bond donors (Lipinski definition) is 2. The van der Waals surface area contributed by atoms with E-state index < -0.39 is 17.8 Å². The second-order valence-corrected chi connectivity index (χ2v) is 5.42. The van der Waals surface area contributed by atoms with Crippen LogP contribution in [0.4, 0.5) is 0 Å². The molecule has 0 radical (unpaired) electrons. The van der Waals surface area contributed by atoms with Crippen LogP contribution in [0.1, 0.15) is 39.5 Å². The quantitative estimate of drug-likeness (QED) is 0.763. The Kier molecular flexibility index (Phi) is 5.32. The third-order valence-electron chi connectivity index (χ3n) is 3.61. The Morgan fingerprint density at radius 2 is 1.84 bits per heavy atom. The lowest BCUT2D eigenvalue weighted by Gasteiger charge is -2.33. The fraction of sp³-hybridized carbons (Fsp3) is 0.769. The van der Waals surface area contributed by atoms with Crippen LogP contribution >= 0.6 is 0 Å². The van der Waals surface area contributed by atoms with Crippen LogP contribution in [0.3, 0.4) is 0 Å². The average molecular weight is 270 g/mol. The molecule has 0 aromatic carbocycles. The average Bonchev–Trinajstić information content (AvgIpc) is 2.34. The summed E-state index contributed by atoms with van der Waals surface area (Å²) in [4.78, 5) is 35.8. The molecule has 6 heteroatoms. The van der Waals surface area contributed by atoms with E-state index in [1.54, 1.807) is 0 Å². The summed E-state index contributed by atoms with van der Waals surface area (Å²) in [5, 5.41) is 9.03. The zero-order chi connectivity index (χ0) is 14.6. The maximum atomic E-state index is 12.4. The molecule has 1 aliphatic carbocycles. The molecule has 2 unspecified atom stereocenters. The monoisotopic (exact) mass is 270 g/mol. The molecule has 2 amide bonds. The van der Waals surface area contributed by atoms with Crippen molar-refractivity contribution < 1.29 is 19.5 Å². The minimum absolute atomic E-state index is 0.106. The van der Waals surface area contributed by atoms with Crippen LogP contribution in [-0.2, 0) is 14.4 Å². The zero-order valence-electron chi connectivity index (χ0n) is 11.5. The van der Waals surface area contributed by atoms with Gasteiger partial charge in [0.2, 0.25) is 11.8 Å². The minimum Gasteiger partial charge on any atom is -0.481 e. The second kappa shape index (κ2) is 6.54. The van der Waals surface area contributed by atoms with Gasteiger partial charge in [-0.2, -0.15) is 0 Å². The van der Waals surface area contributed by atoms with Gasteiger partial charge in [0.25, 0.3) is 0 Å². The van der Waals surface area contributed by atoms with Crippen molar-refractivity contribution >= 4 is 17.8 Å². The van der Waals surface area contributed by atoms with Crippen LogP contribution in [0.15, 0.2) is 0 Å². The fourth-order valence-electron chi connectivity index (χ4n) is 2.56. The predicted molar refractivity (Wildman–Crippen MR) is 69.1 cm³/mol. The molecule has 0 bridgehead atoms. The Balaban J connectivity index is 2.73. The highest BCUT2D eigenvalue weighted by molar-refractivity contribution is 5.85. The van der Waals surface area contributed by atoms with Crippen LogP contribution in [0, 0.1) is 11.8 Å². The van der Waals surface area contributed by atoms with E-state index >= 15 is 0 Å². The number of nitrogens with two attached hydrogens (primary N) is 1. The summed E-state index contributed by atoms with van der Waals surface area (Å²) in [6, 6.07) is -0.120. The van der Waals surface area contributed by atoms with Crippen molar-refractivity contribution in [2.75, 3.05) is 6.54 Å². The van der Waals surface area contributed by atoms with Gasteiger partial charge in [0.05, 0.1) is 12.5 Å². The Hall–Kier alpha value is -1.59. The van der Waals surface area contributed by atoms with Crippen LogP contribution in [0.5, 0.6) is 0 Å². The number of hydrogen-bond acceptors (Lipinski definition) is 3. The Morgan fingerprint density at radius 3 is 2.32 bits per heavy atom. The van der Waals surface area contributed by atoms with Crippen LogP contribution in [0.25, 0.3) is 0 Å². The molecule has 0 saturated heterocycles. The van der Waals surface area contributed by atoms with E-state index in [4.69, 9.17) is 10.8 Å². The van der Waals surface area contributed by atoms with E-state index in [9.17, 15) is 14.4 Å². The summed E-state index contributed by atoms with van der Waals surface area (Å²) in [7, 11) is 0. The molecule has 108 valence electrons. The predicted octanol–water partition coefficient (Wildman–Crippen LogP) is 0.600. The van der Waals surface area contributed by atoms with E-state index in [1.165, 1.54) is 4.90 Å². The second-order valence-electron chi connectivity index (χ2n) is 5.42. The molecule has 0 aliphatic heterocycles. The van der Waals surface area contributed by atoms with Gasteiger partial charge in [0.15, 0.2) is 0 Å². The first kappa shape index (κ1) is 15.5. The van der Waals surface area contributed by atoms with E-state index in [-0.39, 0.29) is 24.4 Å². The number of carboxylic acids is 1. The molecule has 0 aromatic rings. The Bertz CT molecular complexity index is 368. The Morgan fingerprint density at radius 1 is 1.26 bits per heavy atom. The van der Waals surface area contributed by atoms with Gasteiger partial charge in [-0.1, -0.05) is 6.42 Å². The molecule has 0 aromatic heterocycles. The molecule has 1 aliphatic rings. The summed E-state index contributed by atoms with van der Waals surface area (Å²) in [5.74, 6) is -2.31. The van der Waals surface area contributed by atoms with Crippen molar-refractivity contribution in [1.82, 2.24) is 4.90 Å². The van der Waals surface area contributed by atoms with Crippen LogP contribution < -0.4 is 5.73 Å². The van der Waals surface area contributed by atoms with Crippen molar-refractivity contribution in [2.45, 2.75) is 45.6 Å². The SMILES string of the molecule is CC(C)N(CC(N)=O)C(=O)C1CCCC(C(=O)O)C1. The molecule has 19 heavy (non-hydrogen) atoms. The summed E-state index contributed by atoms with van der Waals surface area (Å²) in [6.45, 7) is 3.53. The van der Waals surface area contributed by atoms with Crippen LogP contribution in [0.2, 0.25) is 0 Å². The lowest BCUT2D eigenvalue weighted by molar-refractivity contribution is -0.147. The number of carbonyl (C=O) groups is 3. The number of carboxylic acid groups (broad SMARTS) is 1. The van der Waals surface area contributed by atoms with Gasteiger partial charge in [-0.15, -0.1) is 0 Å². The third kappa shape index (κ3) is 4.22. The molecule has 1 saturated carbocycles. The molecule has 1 fully saturated rings. The molecular formula is C13H22N2O4. The number of aliphatic carboxylic acids is 1. The summed E-state index contributed by atoms with van der Waals surface area (Å²) < 4.78 is 0. The first-order chi connectivity index (χ1) is 8.82. The Labute approximate surface area is 112 Å². The zero-order valence-corrected chi connectivity index (χ0v) is 11.5. The smallest absolute Gasteiger partial charge is 0.306 e. The first-order valence-corrected chi connectivity index (χ1v) is 6.64. The number of nitrogens with zero attached hydrogens (tertiary/aromatic N) is 1. The van der Waals surface area contributed by atoms with Gasteiger partial charge in [-0.25, -0.2) is 0 Å². The summed E-state index contributed by atoms with van der Waals surface area (Å²) >= 11 is 0. The van der Waals surface area contributed by atoms with Crippen LogP contribution in [-0.4, -0.2) is 40.4 Å². The van der Waals surface area contributed by atoms with Crippen molar-refractivity contribution in [3.05, 3.63) is 0 Å². The number of amides is 2. The number of carbonyl (C=O) groups excluding carboxylic acids is 2. The van der Waals surface area contributed by atoms with E-state index in [0.29, 0.717) is 19.3 Å². The lowest BCUT2D eigenvalue weighted by Crippen LogP contribution is -2.46. The first-order valence-electron chi connectivity index (χ1n) is 6.64. The largest absolute Gasteiger partial charge is 0.481 e. The molecule has 1 rings (SSSR count). The van der Waals surface area contributed by atoms with Crippen molar-refractivity contribution in [3.63, 3.8) is 0 Å². The molecule has 0 spiro atoms.